The molecule has 21 heavy (non-hydrogen) atoms. The first-order valence-electron chi connectivity index (χ1n) is 6.42. The molecule has 1 aromatic carbocycles. The van der Waals surface area contributed by atoms with Gasteiger partial charge in [0.1, 0.15) is 6.04 Å². The number of nitrogens with two attached hydrogens (primary N) is 1. The van der Waals surface area contributed by atoms with E-state index in [1.807, 2.05) is 6.07 Å². The number of hydrogen-bond acceptors (Lipinski definition) is 3. The Kier molecular flexibility index (Phi) is 4.22. The largest absolute Gasteiger partial charge is 0.352 e. The maximum absolute atomic E-state index is 12.4. The second-order valence-electron chi connectivity index (χ2n) is 4.65. The molecular formula is C14H17N5O2. The summed E-state index contributed by atoms with van der Waals surface area (Å²) < 4.78 is 0. The van der Waals surface area contributed by atoms with Gasteiger partial charge in [-0.2, -0.15) is 5.10 Å². The monoisotopic (exact) mass is 287 g/mol. The fourth-order valence-corrected chi connectivity index (χ4v) is 2.02. The Bertz CT molecular complexity index is 631. The van der Waals surface area contributed by atoms with E-state index in [1.54, 1.807) is 38.1 Å². The van der Waals surface area contributed by atoms with Gasteiger partial charge in [-0.3, -0.25) is 9.89 Å². The molecule has 0 aliphatic heterocycles. The minimum atomic E-state index is -0.864. The molecule has 0 radical (unpaired) electrons. The van der Waals surface area contributed by atoms with Crippen LogP contribution >= 0.6 is 0 Å². The number of anilines is 1. The van der Waals surface area contributed by atoms with E-state index >= 15 is 0 Å². The molecule has 0 bridgehead atoms. The molecule has 5 N–H and O–H groups in total. The molecule has 1 atom stereocenters. The molecule has 110 valence electrons. The lowest BCUT2D eigenvalue weighted by Crippen LogP contribution is -2.39. The summed E-state index contributed by atoms with van der Waals surface area (Å²) in [6.07, 6.45) is 0. The average molecular weight is 287 g/mol. The predicted octanol–water partition coefficient (Wildman–Crippen LogP) is 1.37. The number of carbonyl (C=O) groups excluding carboxylic acids is 2. The SMILES string of the molecule is Cc1n[nH]c(C)c1NC(=O)C(NC(N)=O)c1ccccc1. The van der Waals surface area contributed by atoms with Crippen molar-refractivity contribution in [3.63, 3.8) is 0 Å². The van der Waals surface area contributed by atoms with Crippen LogP contribution in [-0.2, 0) is 4.79 Å². The molecule has 1 unspecified atom stereocenters. The van der Waals surface area contributed by atoms with Crippen LogP contribution < -0.4 is 16.4 Å². The van der Waals surface area contributed by atoms with Gasteiger partial charge in [0.25, 0.3) is 5.91 Å². The van der Waals surface area contributed by atoms with E-state index in [2.05, 4.69) is 20.8 Å². The van der Waals surface area contributed by atoms with E-state index < -0.39 is 12.1 Å². The lowest BCUT2D eigenvalue weighted by molar-refractivity contribution is -0.118. The summed E-state index contributed by atoms with van der Waals surface area (Å²) >= 11 is 0. The average Bonchev–Trinajstić information content (AvgIpc) is 2.77. The van der Waals surface area contributed by atoms with Crippen molar-refractivity contribution in [1.29, 1.82) is 0 Å². The van der Waals surface area contributed by atoms with Crippen molar-refractivity contribution in [1.82, 2.24) is 15.5 Å². The minimum absolute atomic E-state index is 0.382. The fourth-order valence-electron chi connectivity index (χ4n) is 2.02. The molecule has 0 aliphatic carbocycles. The van der Waals surface area contributed by atoms with Gasteiger partial charge in [-0.1, -0.05) is 30.3 Å². The molecule has 2 aromatic rings. The summed E-state index contributed by atoms with van der Waals surface area (Å²) in [6, 6.07) is 7.26. The maximum atomic E-state index is 12.4. The summed E-state index contributed by atoms with van der Waals surface area (Å²) in [5, 5.41) is 12.0. The van der Waals surface area contributed by atoms with Gasteiger partial charge < -0.3 is 16.4 Å². The fraction of sp³-hybridized carbons (Fsp3) is 0.214. The Morgan fingerprint density at radius 2 is 1.90 bits per heavy atom. The number of amides is 3. The number of H-pyrrole nitrogens is 1. The molecule has 0 aliphatic rings. The molecule has 1 aromatic heterocycles. The topological polar surface area (TPSA) is 113 Å². The molecular weight excluding hydrogens is 270 g/mol. The van der Waals surface area contributed by atoms with Gasteiger partial charge in [0, 0.05) is 0 Å². The molecule has 7 heteroatoms. The Hall–Kier alpha value is -2.83. The summed E-state index contributed by atoms with van der Waals surface area (Å²) in [7, 11) is 0. The van der Waals surface area contributed by atoms with Crippen LogP contribution in [0.25, 0.3) is 0 Å². The zero-order chi connectivity index (χ0) is 15.4. The van der Waals surface area contributed by atoms with Crippen molar-refractivity contribution in [2.24, 2.45) is 5.73 Å². The zero-order valence-corrected chi connectivity index (χ0v) is 11.8. The number of nitrogens with zero attached hydrogens (tertiary/aromatic N) is 1. The van der Waals surface area contributed by atoms with Crippen LogP contribution in [0.1, 0.15) is 23.0 Å². The van der Waals surface area contributed by atoms with E-state index in [-0.39, 0.29) is 5.91 Å². The van der Waals surface area contributed by atoms with Crippen LogP contribution in [0.15, 0.2) is 30.3 Å². The zero-order valence-electron chi connectivity index (χ0n) is 11.8. The van der Waals surface area contributed by atoms with Crippen molar-refractivity contribution < 1.29 is 9.59 Å². The van der Waals surface area contributed by atoms with E-state index in [0.717, 1.165) is 5.69 Å². The van der Waals surface area contributed by atoms with Gasteiger partial charge in [0.2, 0.25) is 0 Å². The second kappa shape index (κ2) is 6.08. The number of aromatic nitrogens is 2. The summed E-state index contributed by atoms with van der Waals surface area (Å²) in [5.74, 6) is -0.382. The number of benzene rings is 1. The Labute approximate surface area is 121 Å². The van der Waals surface area contributed by atoms with Crippen molar-refractivity contribution >= 4 is 17.6 Å². The van der Waals surface area contributed by atoms with Gasteiger partial charge in [0.15, 0.2) is 0 Å². The van der Waals surface area contributed by atoms with Gasteiger partial charge in [-0.25, -0.2) is 4.79 Å². The quantitative estimate of drug-likeness (QED) is 0.681. The predicted molar refractivity (Wildman–Crippen MR) is 78.6 cm³/mol. The highest BCUT2D eigenvalue weighted by Crippen LogP contribution is 2.20. The van der Waals surface area contributed by atoms with Crippen LogP contribution in [0.2, 0.25) is 0 Å². The highest BCUT2D eigenvalue weighted by Gasteiger charge is 2.23. The summed E-state index contributed by atoms with van der Waals surface area (Å²) in [4.78, 5) is 23.6. The Morgan fingerprint density at radius 1 is 1.24 bits per heavy atom. The highest BCUT2D eigenvalue weighted by atomic mass is 16.2. The summed E-state index contributed by atoms with van der Waals surface area (Å²) in [5.41, 5.74) is 7.82. The van der Waals surface area contributed by atoms with Crippen LogP contribution in [-0.4, -0.2) is 22.1 Å². The molecule has 2 rings (SSSR count). The lowest BCUT2D eigenvalue weighted by Gasteiger charge is -2.17. The number of hydrogen-bond donors (Lipinski definition) is 4. The first kappa shape index (κ1) is 14.6. The standard InChI is InChI=1S/C14H17N5O2/c1-8-11(9(2)19-18-8)16-13(20)12(17-14(15)21)10-6-4-3-5-7-10/h3-7,12H,1-2H3,(H,16,20)(H,18,19)(H3,15,17,21). The van der Waals surface area contributed by atoms with E-state index in [0.29, 0.717) is 16.9 Å². The van der Waals surface area contributed by atoms with Gasteiger partial charge in [-0.05, 0) is 19.4 Å². The number of primary amides is 1. The number of urea groups is 1. The maximum Gasteiger partial charge on any atom is 0.313 e. The van der Waals surface area contributed by atoms with Crippen molar-refractivity contribution in [3.8, 4) is 0 Å². The normalized spacial score (nSPS) is 11.7. The Morgan fingerprint density at radius 3 is 2.43 bits per heavy atom. The molecule has 7 nitrogen and oxygen atoms in total. The Balaban J connectivity index is 2.25. The van der Waals surface area contributed by atoms with E-state index in [4.69, 9.17) is 5.73 Å². The van der Waals surface area contributed by atoms with Crippen LogP contribution in [0.4, 0.5) is 10.5 Å². The first-order valence-corrected chi connectivity index (χ1v) is 6.42. The molecule has 1 heterocycles. The smallest absolute Gasteiger partial charge is 0.313 e. The summed E-state index contributed by atoms with van der Waals surface area (Å²) in [6.45, 7) is 3.58. The molecule has 0 spiro atoms. The van der Waals surface area contributed by atoms with E-state index in [9.17, 15) is 9.59 Å². The highest BCUT2D eigenvalue weighted by molar-refractivity contribution is 5.98. The van der Waals surface area contributed by atoms with Crippen LogP contribution in [0.3, 0.4) is 0 Å². The first-order chi connectivity index (χ1) is 9.99. The lowest BCUT2D eigenvalue weighted by atomic mass is 10.1. The van der Waals surface area contributed by atoms with Gasteiger partial charge in [-0.15, -0.1) is 0 Å². The third kappa shape index (κ3) is 3.38. The third-order valence-electron chi connectivity index (χ3n) is 3.06. The van der Waals surface area contributed by atoms with Crippen molar-refractivity contribution in [3.05, 3.63) is 47.3 Å². The van der Waals surface area contributed by atoms with Crippen LogP contribution in [0, 0.1) is 13.8 Å². The van der Waals surface area contributed by atoms with Gasteiger partial charge >= 0.3 is 6.03 Å². The number of rotatable bonds is 4. The third-order valence-corrected chi connectivity index (χ3v) is 3.06. The molecule has 0 fully saturated rings. The number of aromatic amines is 1. The van der Waals surface area contributed by atoms with E-state index in [1.165, 1.54) is 0 Å². The van der Waals surface area contributed by atoms with Gasteiger partial charge in [0.05, 0.1) is 17.1 Å². The number of aryl methyl sites for hydroxylation is 2. The minimum Gasteiger partial charge on any atom is -0.352 e. The second-order valence-corrected chi connectivity index (χ2v) is 4.65. The van der Waals surface area contributed by atoms with Crippen LogP contribution in [0.5, 0.6) is 0 Å². The number of nitrogens with one attached hydrogen (secondary N) is 3. The van der Waals surface area contributed by atoms with Crippen molar-refractivity contribution in [2.75, 3.05) is 5.32 Å². The number of carbonyl (C=O) groups is 2. The molecule has 0 saturated heterocycles. The molecule has 3 amide bonds. The molecule has 0 saturated carbocycles. The van der Waals surface area contributed by atoms with Crippen molar-refractivity contribution in [2.45, 2.75) is 19.9 Å².